The molecule has 6 nitrogen and oxygen atoms in total. The summed E-state index contributed by atoms with van der Waals surface area (Å²) in [5.74, 6) is -3.10. The Morgan fingerprint density at radius 3 is 2.53 bits per heavy atom. The predicted octanol–water partition coefficient (Wildman–Crippen LogP) is 5.50. The first-order valence-electron chi connectivity index (χ1n) is 13.4. The molecule has 1 aliphatic carbocycles. The van der Waals surface area contributed by atoms with Gasteiger partial charge in [0.25, 0.3) is 11.5 Å². The Morgan fingerprint density at radius 2 is 1.79 bits per heavy atom. The standard InChI is InChI=1S/C30H31F2N5O/c1-20-21-5-4-6-24(17-21)30(31,32)22-9-15-36(16-10-22)13-2-3-14-37-28(38)25-8-7-23(29(19-33)11-12-29)18-26(25)27(34-20)35-37/h2-8,17-18,20,22H,9-16H2,1H3,(H,34,35)/b3-2-/t20-/m1/s1. The Bertz CT molecular complexity index is 1510. The topological polar surface area (TPSA) is 74.0 Å². The number of hydrogen-bond donors (Lipinski definition) is 1. The molecule has 1 aromatic heterocycles. The van der Waals surface area contributed by atoms with Gasteiger partial charge in [0, 0.05) is 23.4 Å². The molecular formula is C30H31F2N5O. The Labute approximate surface area is 220 Å². The summed E-state index contributed by atoms with van der Waals surface area (Å²) >= 11 is 0. The lowest BCUT2D eigenvalue weighted by molar-refractivity contribution is -0.0847. The molecule has 0 unspecified atom stereocenters. The first-order chi connectivity index (χ1) is 18.3. The van der Waals surface area contributed by atoms with Crippen LogP contribution in [-0.2, 0) is 17.9 Å². The van der Waals surface area contributed by atoms with Crippen LogP contribution in [0.5, 0.6) is 0 Å². The first-order valence-corrected chi connectivity index (χ1v) is 13.4. The van der Waals surface area contributed by atoms with Crippen LogP contribution in [0.3, 0.4) is 0 Å². The fourth-order valence-corrected chi connectivity index (χ4v) is 5.82. The highest BCUT2D eigenvalue weighted by Crippen LogP contribution is 2.48. The second-order valence-corrected chi connectivity index (χ2v) is 11.0. The van der Waals surface area contributed by atoms with E-state index in [1.54, 1.807) is 18.2 Å². The number of anilines is 1. The lowest BCUT2D eigenvalue weighted by atomic mass is 9.85. The summed E-state index contributed by atoms with van der Waals surface area (Å²) < 4.78 is 32.7. The van der Waals surface area contributed by atoms with Crippen LogP contribution in [0.15, 0.2) is 59.4 Å². The minimum absolute atomic E-state index is 0.0427. The number of rotatable bonds is 1. The maximum Gasteiger partial charge on any atom is 0.276 e. The highest BCUT2D eigenvalue weighted by Gasteiger charge is 2.45. The molecule has 1 atom stereocenters. The number of nitrogens with one attached hydrogen (secondary N) is 1. The number of benzene rings is 2. The molecule has 7 rings (SSSR count). The molecule has 3 aliphatic heterocycles. The van der Waals surface area contributed by atoms with Crippen molar-refractivity contribution in [3.05, 3.63) is 81.7 Å². The molecule has 4 heterocycles. The molecular weight excluding hydrogens is 484 g/mol. The normalized spacial score (nSPS) is 26.6. The van der Waals surface area contributed by atoms with E-state index >= 15 is 8.78 Å². The number of aromatic nitrogens is 2. The van der Waals surface area contributed by atoms with Gasteiger partial charge in [0.05, 0.1) is 29.5 Å². The highest BCUT2D eigenvalue weighted by molar-refractivity contribution is 5.92. The summed E-state index contributed by atoms with van der Waals surface area (Å²) in [7, 11) is 0. The van der Waals surface area contributed by atoms with Gasteiger partial charge in [-0.3, -0.25) is 9.69 Å². The monoisotopic (exact) mass is 515 g/mol. The smallest absolute Gasteiger partial charge is 0.276 e. The SMILES string of the molecule is C[C@H]1Nc2nn(c(=O)c3ccc(C4(C#N)CC4)cc23)C/C=C\CN2CCC(CC2)C(F)(F)c2cccc1c2. The molecule has 196 valence electrons. The van der Waals surface area contributed by atoms with E-state index < -0.39 is 17.3 Å². The molecule has 2 aromatic carbocycles. The number of nitrogens with zero attached hydrogens (tertiary/aromatic N) is 4. The van der Waals surface area contributed by atoms with Gasteiger partial charge in [0.1, 0.15) is 0 Å². The van der Waals surface area contributed by atoms with Crippen LogP contribution in [0, 0.1) is 17.2 Å². The predicted molar refractivity (Wildman–Crippen MR) is 143 cm³/mol. The summed E-state index contributed by atoms with van der Waals surface area (Å²) in [6, 6.07) is 14.3. The zero-order valence-electron chi connectivity index (χ0n) is 21.5. The van der Waals surface area contributed by atoms with E-state index in [1.165, 1.54) is 10.7 Å². The van der Waals surface area contributed by atoms with E-state index in [4.69, 9.17) is 0 Å². The zero-order valence-corrected chi connectivity index (χ0v) is 21.5. The minimum Gasteiger partial charge on any atom is -0.362 e. The average molecular weight is 516 g/mol. The number of allylic oxidation sites excluding steroid dienone is 1. The highest BCUT2D eigenvalue weighted by atomic mass is 19.3. The van der Waals surface area contributed by atoms with Crippen molar-refractivity contribution < 1.29 is 8.78 Å². The zero-order chi connectivity index (χ0) is 26.5. The van der Waals surface area contributed by atoms with Gasteiger partial charge >= 0.3 is 0 Å². The fraction of sp³-hybridized carbons (Fsp3) is 0.433. The first kappa shape index (κ1) is 24.7. The van der Waals surface area contributed by atoms with Crippen molar-refractivity contribution in [3.63, 3.8) is 0 Å². The largest absolute Gasteiger partial charge is 0.362 e. The van der Waals surface area contributed by atoms with E-state index in [2.05, 4.69) is 21.4 Å². The van der Waals surface area contributed by atoms with Crippen LogP contribution in [0.4, 0.5) is 14.6 Å². The van der Waals surface area contributed by atoms with Crippen molar-refractivity contribution in [3.8, 4) is 6.07 Å². The number of hydrogen-bond acceptors (Lipinski definition) is 5. The fourth-order valence-electron chi connectivity index (χ4n) is 5.82. The maximum atomic E-state index is 15.6. The summed E-state index contributed by atoms with van der Waals surface area (Å²) in [6.07, 6.45) is 6.38. The van der Waals surface area contributed by atoms with Crippen LogP contribution in [-0.4, -0.2) is 34.3 Å². The summed E-state index contributed by atoms with van der Waals surface area (Å²) in [5.41, 5.74) is 0.947. The van der Waals surface area contributed by atoms with Gasteiger partial charge in [-0.2, -0.15) is 10.4 Å². The molecule has 1 saturated heterocycles. The second-order valence-electron chi connectivity index (χ2n) is 11.0. The summed E-state index contributed by atoms with van der Waals surface area (Å²) in [5, 5.41) is 19.0. The van der Waals surface area contributed by atoms with Gasteiger partial charge in [-0.1, -0.05) is 36.4 Å². The molecule has 8 heteroatoms. The van der Waals surface area contributed by atoms with Crippen molar-refractivity contribution in [2.45, 2.75) is 56.5 Å². The third-order valence-electron chi connectivity index (χ3n) is 8.51. The van der Waals surface area contributed by atoms with Gasteiger partial charge in [-0.05, 0) is 75.0 Å². The molecule has 1 N–H and O–H groups in total. The van der Waals surface area contributed by atoms with Crippen molar-refractivity contribution in [1.82, 2.24) is 14.7 Å². The van der Waals surface area contributed by atoms with Crippen LogP contribution < -0.4 is 10.9 Å². The van der Waals surface area contributed by atoms with Gasteiger partial charge < -0.3 is 5.32 Å². The lowest BCUT2D eigenvalue weighted by Gasteiger charge is -2.35. The summed E-state index contributed by atoms with van der Waals surface area (Å²) in [4.78, 5) is 15.6. The van der Waals surface area contributed by atoms with Gasteiger partial charge in [0.2, 0.25) is 0 Å². The minimum atomic E-state index is -2.91. The number of piperidine rings is 1. The molecule has 3 aromatic rings. The average Bonchev–Trinajstić information content (AvgIpc) is 3.74. The Morgan fingerprint density at radius 1 is 1.03 bits per heavy atom. The molecule has 0 amide bonds. The Kier molecular flexibility index (Phi) is 6.07. The van der Waals surface area contributed by atoms with E-state index in [0.717, 1.165) is 24.0 Å². The van der Waals surface area contributed by atoms with Crippen molar-refractivity contribution in [2.24, 2.45) is 5.92 Å². The van der Waals surface area contributed by atoms with Gasteiger partial charge in [0.15, 0.2) is 5.82 Å². The number of alkyl halides is 2. The van der Waals surface area contributed by atoms with E-state index in [-0.39, 0.29) is 17.2 Å². The molecule has 0 radical (unpaired) electrons. The molecule has 6 bridgehead atoms. The van der Waals surface area contributed by atoms with Crippen molar-refractivity contribution >= 4 is 16.6 Å². The lowest BCUT2D eigenvalue weighted by Crippen LogP contribution is -2.39. The van der Waals surface area contributed by atoms with Crippen LogP contribution in [0.1, 0.15) is 55.3 Å². The molecule has 0 spiro atoms. The van der Waals surface area contributed by atoms with E-state index in [9.17, 15) is 10.1 Å². The van der Waals surface area contributed by atoms with Crippen LogP contribution in [0.25, 0.3) is 10.8 Å². The molecule has 4 aliphatic rings. The van der Waals surface area contributed by atoms with Gasteiger partial charge in [-0.15, -0.1) is 0 Å². The van der Waals surface area contributed by atoms with E-state index in [1.807, 2.05) is 37.3 Å². The Balaban J connectivity index is 1.47. The number of fused-ring (bicyclic) bond motifs is 6. The van der Waals surface area contributed by atoms with E-state index in [0.29, 0.717) is 55.6 Å². The molecule has 1 saturated carbocycles. The molecule has 38 heavy (non-hydrogen) atoms. The van der Waals surface area contributed by atoms with Crippen molar-refractivity contribution in [1.29, 1.82) is 5.26 Å². The summed E-state index contributed by atoms with van der Waals surface area (Å²) in [6.45, 7) is 4.11. The van der Waals surface area contributed by atoms with Crippen LogP contribution in [0.2, 0.25) is 0 Å². The molecule has 2 fully saturated rings. The van der Waals surface area contributed by atoms with Gasteiger partial charge in [-0.25, -0.2) is 13.5 Å². The van der Waals surface area contributed by atoms with Crippen molar-refractivity contribution in [2.75, 3.05) is 25.0 Å². The Hall–Kier alpha value is -3.57. The number of nitriles is 1. The number of halogens is 2. The third-order valence-corrected chi connectivity index (χ3v) is 8.51. The van der Waals surface area contributed by atoms with Crippen LogP contribution >= 0.6 is 0 Å². The quantitative estimate of drug-likeness (QED) is 0.434. The maximum absolute atomic E-state index is 15.6. The second kappa shape index (κ2) is 9.32. The third kappa shape index (κ3) is 4.29.